The summed E-state index contributed by atoms with van der Waals surface area (Å²) in [5.74, 6) is -0.856. The van der Waals surface area contributed by atoms with Crippen LogP contribution in [0.1, 0.15) is 23.5 Å². The van der Waals surface area contributed by atoms with E-state index in [1.807, 2.05) is 4.98 Å². The minimum atomic E-state index is -4.60. The Bertz CT molecular complexity index is 809. The van der Waals surface area contributed by atoms with E-state index in [1.54, 1.807) is 24.1 Å². The Morgan fingerprint density at radius 2 is 2.22 bits per heavy atom. The summed E-state index contributed by atoms with van der Waals surface area (Å²) in [6.07, 6.45) is -0.00644. The number of aromatic amines is 1. The Morgan fingerprint density at radius 3 is 2.83 bits per heavy atom. The molecular formula is C14H13F3N4O2. The Morgan fingerprint density at radius 1 is 1.48 bits per heavy atom. The van der Waals surface area contributed by atoms with Crippen LogP contribution in [0.15, 0.2) is 29.5 Å². The van der Waals surface area contributed by atoms with Crippen molar-refractivity contribution in [3.05, 3.63) is 46.1 Å². The van der Waals surface area contributed by atoms with Crippen molar-refractivity contribution in [2.24, 2.45) is 13.0 Å². The van der Waals surface area contributed by atoms with Gasteiger partial charge in [-0.2, -0.15) is 18.3 Å². The highest BCUT2D eigenvalue weighted by Crippen LogP contribution is 2.47. The van der Waals surface area contributed by atoms with Crippen LogP contribution in [0.25, 0.3) is 0 Å². The molecular weight excluding hydrogens is 313 g/mol. The highest BCUT2D eigenvalue weighted by Gasteiger charge is 2.44. The molecule has 0 bridgehead atoms. The topological polar surface area (TPSA) is 79.8 Å². The molecule has 1 aliphatic carbocycles. The number of halogens is 3. The highest BCUT2D eigenvalue weighted by molar-refractivity contribution is 5.95. The van der Waals surface area contributed by atoms with Gasteiger partial charge in [0.15, 0.2) is 0 Å². The zero-order valence-corrected chi connectivity index (χ0v) is 12.0. The van der Waals surface area contributed by atoms with E-state index in [4.69, 9.17) is 0 Å². The maximum Gasteiger partial charge on any atom is 0.417 e. The largest absolute Gasteiger partial charge is 0.417 e. The van der Waals surface area contributed by atoms with E-state index in [1.165, 1.54) is 0 Å². The average Bonchev–Trinajstić information content (AvgIpc) is 3.15. The second kappa shape index (κ2) is 5.25. The van der Waals surface area contributed by atoms with E-state index < -0.39 is 28.9 Å². The first-order chi connectivity index (χ1) is 10.8. The zero-order chi connectivity index (χ0) is 16.8. The van der Waals surface area contributed by atoms with E-state index in [-0.39, 0.29) is 11.8 Å². The molecule has 2 aromatic heterocycles. The van der Waals surface area contributed by atoms with Gasteiger partial charge in [-0.15, -0.1) is 0 Å². The molecule has 0 radical (unpaired) electrons. The number of nitrogens with one attached hydrogen (secondary N) is 2. The zero-order valence-electron chi connectivity index (χ0n) is 12.0. The van der Waals surface area contributed by atoms with Gasteiger partial charge < -0.3 is 10.3 Å². The molecule has 23 heavy (non-hydrogen) atoms. The molecule has 6 nitrogen and oxygen atoms in total. The van der Waals surface area contributed by atoms with E-state index in [9.17, 15) is 22.8 Å². The lowest BCUT2D eigenvalue weighted by molar-refractivity contribution is -0.137. The van der Waals surface area contributed by atoms with Crippen LogP contribution in [-0.2, 0) is 18.0 Å². The Balaban J connectivity index is 1.73. The maximum absolute atomic E-state index is 12.6. The molecule has 0 unspecified atom stereocenters. The minimum Gasteiger partial charge on any atom is -0.327 e. The molecule has 2 N–H and O–H groups in total. The predicted molar refractivity (Wildman–Crippen MR) is 74.8 cm³/mol. The summed E-state index contributed by atoms with van der Waals surface area (Å²) in [5.41, 5.74) is -1.30. The van der Waals surface area contributed by atoms with Crippen molar-refractivity contribution in [2.75, 3.05) is 5.32 Å². The lowest BCUT2D eigenvalue weighted by atomic mass is 10.2. The molecule has 0 saturated heterocycles. The van der Waals surface area contributed by atoms with Gasteiger partial charge in [-0.05, 0) is 24.0 Å². The molecule has 1 fully saturated rings. The fourth-order valence-corrected chi connectivity index (χ4v) is 2.45. The molecule has 3 rings (SSSR count). The number of carbonyl (C=O) groups is 1. The molecule has 0 aromatic carbocycles. The number of pyridine rings is 1. The number of hydrogen-bond donors (Lipinski definition) is 2. The van der Waals surface area contributed by atoms with E-state index in [0.29, 0.717) is 18.7 Å². The number of nitrogens with zero attached hydrogens (tertiary/aromatic N) is 2. The van der Waals surface area contributed by atoms with Gasteiger partial charge in [0.05, 0.1) is 11.8 Å². The Hall–Kier alpha value is -2.58. The third kappa shape index (κ3) is 3.13. The van der Waals surface area contributed by atoms with Gasteiger partial charge in [-0.3, -0.25) is 14.3 Å². The Kier molecular flexibility index (Phi) is 3.50. The summed E-state index contributed by atoms with van der Waals surface area (Å²) in [5, 5.41) is 6.29. The average molecular weight is 326 g/mol. The summed E-state index contributed by atoms with van der Waals surface area (Å²) in [6.45, 7) is 0. The lowest BCUT2D eigenvalue weighted by Crippen LogP contribution is -2.22. The third-order valence-corrected chi connectivity index (χ3v) is 3.77. The number of rotatable bonds is 3. The summed E-state index contributed by atoms with van der Waals surface area (Å²) in [7, 11) is 1.75. The van der Waals surface area contributed by atoms with Gasteiger partial charge in [0, 0.05) is 25.4 Å². The van der Waals surface area contributed by atoms with Crippen LogP contribution in [0.4, 0.5) is 18.9 Å². The highest BCUT2D eigenvalue weighted by atomic mass is 19.4. The Labute approximate surface area is 128 Å². The first kappa shape index (κ1) is 15.3. The summed E-state index contributed by atoms with van der Waals surface area (Å²) in [6, 6.07) is 0.637. The SMILES string of the molecule is Cn1cc([C@@H]2C[C@@H]2C(=O)Nc2cc(C(F)(F)F)c[nH]c2=O)cn1. The molecule has 1 saturated carbocycles. The first-order valence-electron chi connectivity index (χ1n) is 6.85. The van der Waals surface area contributed by atoms with Crippen LogP contribution in [0.3, 0.4) is 0 Å². The van der Waals surface area contributed by atoms with E-state index >= 15 is 0 Å². The summed E-state index contributed by atoms with van der Waals surface area (Å²) in [4.78, 5) is 25.7. The molecule has 1 amide bonds. The van der Waals surface area contributed by atoms with E-state index in [2.05, 4.69) is 10.4 Å². The predicted octanol–water partition coefficient (Wildman–Crippen LogP) is 1.87. The van der Waals surface area contributed by atoms with Gasteiger partial charge in [-0.25, -0.2) is 0 Å². The van der Waals surface area contributed by atoms with E-state index in [0.717, 1.165) is 5.56 Å². The van der Waals surface area contributed by atoms with Crippen molar-refractivity contribution >= 4 is 11.6 Å². The molecule has 2 heterocycles. The molecule has 9 heteroatoms. The van der Waals surface area contributed by atoms with Crippen molar-refractivity contribution in [3.63, 3.8) is 0 Å². The molecule has 2 atom stereocenters. The minimum absolute atomic E-state index is 0.0198. The monoisotopic (exact) mass is 326 g/mol. The summed E-state index contributed by atoms with van der Waals surface area (Å²) < 4.78 is 39.6. The number of carbonyl (C=O) groups excluding carboxylic acids is 1. The molecule has 122 valence electrons. The van der Waals surface area contributed by atoms with Gasteiger partial charge >= 0.3 is 6.18 Å². The second-order valence-corrected chi connectivity index (χ2v) is 5.51. The summed E-state index contributed by atoms with van der Waals surface area (Å²) >= 11 is 0. The van der Waals surface area contributed by atoms with Gasteiger partial charge in [0.25, 0.3) is 5.56 Å². The number of aromatic nitrogens is 3. The van der Waals surface area contributed by atoms with Crippen molar-refractivity contribution in [2.45, 2.75) is 18.5 Å². The first-order valence-corrected chi connectivity index (χ1v) is 6.85. The van der Waals surface area contributed by atoms with Crippen molar-refractivity contribution in [1.82, 2.24) is 14.8 Å². The quantitative estimate of drug-likeness (QED) is 0.904. The van der Waals surface area contributed by atoms with Crippen molar-refractivity contribution in [3.8, 4) is 0 Å². The van der Waals surface area contributed by atoms with Crippen LogP contribution in [0.5, 0.6) is 0 Å². The number of hydrogen-bond acceptors (Lipinski definition) is 3. The number of H-pyrrole nitrogens is 1. The number of aryl methyl sites for hydroxylation is 1. The van der Waals surface area contributed by atoms with Gasteiger partial charge in [0.2, 0.25) is 5.91 Å². The fourth-order valence-electron chi connectivity index (χ4n) is 2.45. The number of anilines is 1. The van der Waals surface area contributed by atoms with Gasteiger partial charge in [-0.1, -0.05) is 0 Å². The molecule has 0 spiro atoms. The molecule has 2 aromatic rings. The van der Waals surface area contributed by atoms with Crippen LogP contribution in [0, 0.1) is 5.92 Å². The van der Waals surface area contributed by atoms with Crippen LogP contribution < -0.4 is 10.9 Å². The van der Waals surface area contributed by atoms with Crippen molar-refractivity contribution in [1.29, 1.82) is 0 Å². The number of alkyl halides is 3. The second-order valence-electron chi connectivity index (χ2n) is 5.51. The normalized spacial score (nSPS) is 20.3. The van der Waals surface area contributed by atoms with Crippen molar-refractivity contribution < 1.29 is 18.0 Å². The molecule has 1 aliphatic rings. The fraction of sp³-hybridized carbons (Fsp3) is 0.357. The lowest BCUT2D eigenvalue weighted by Gasteiger charge is -2.09. The molecule has 0 aliphatic heterocycles. The van der Waals surface area contributed by atoms with Crippen LogP contribution >= 0.6 is 0 Å². The number of amides is 1. The maximum atomic E-state index is 12.6. The smallest absolute Gasteiger partial charge is 0.327 e. The third-order valence-electron chi connectivity index (χ3n) is 3.77. The standard InChI is InChI=1S/C14H13F3N4O2/c1-21-6-7(4-19-21)9-3-10(9)12(22)20-11-2-8(14(15,16)17)5-18-13(11)23/h2,4-6,9-10H,3H2,1H3,(H,18,23)(H,20,22)/t9-,10-/m0/s1. The van der Waals surface area contributed by atoms with Crippen LogP contribution in [-0.4, -0.2) is 20.7 Å². The van der Waals surface area contributed by atoms with Gasteiger partial charge in [0.1, 0.15) is 5.69 Å². The van der Waals surface area contributed by atoms with Crippen LogP contribution in [0.2, 0.25) is 0 Å².